The lowest BCUT2D eigenvalue weighted by Gasteiger charge is -2.03. The molecule has 1 aromatic heterocycles. The number of benzene rings is 1. The second-order valence-corrected chi connectivity index (χ2v) is 4.58. The largest absolute Gasteiger partial charge is 0.334 e. The van der Waals surface area contributed by atoms with E-state index in [1.54, 1.807) is 19.1 Å². The van der Waals surface area contributed by atoms with Crippen LogP contribution in [-0.4, -0.2) is 15.1 Å². The van der Waals surface area contributed by atoms with Crippen molar-refractivity contribution in [3.63, 3.8) is 0 Å². The van der Waals surface area contributed by atoms with Crippen molar-refractivity contribution in [3.05, 3.63) is 39.7 Å². The van der Waals surface area contributed by atoms with Gasteiger partial charge in [0.25, 0.3) is 11.6 Å². The molecule has 1 aromatic carbocycles. The number of nitrogens with zero attached hydrogens (tertiary/aromatic N) is 3. The van der Waals surface area contributed by atoms with Crippen LogP contribution < -0.4 is 5.73 Å². The minimum Gasteiger partial charge on any atom is -0.334 e. The molecule has 1 atom stereocenters. The molecule has 0 radical (unpaired) electrons. The van der Waals surface area contributed by atoms with Crippen LogP contribution >= 0.6 is 0 Å². The molecule has 0 bridgehead atoms. The van der Waals surface area contributed by atoms with E-state index in [1.807, 2.05) is 6.92 Å². The van der Waals surface area contributed by atoms with E-state index in [0.29, 0.717) is 17.0 Å². The zero-order chi connectivity index (χ0) is 14.7. The molecule has 7 nitrogen and oxygen atoms in total. The SMILES string of the molecule is CCCC(N)c1noc(-c2c(C)cccc2[N+](=O)[O-])n1. The number of aryl methyl sites for hydroxylation is 1. The predicted molar refractivity (Wildman–Crippen MR) is 73.0 cm³/mol. The van der Waals surface area contributed by atoms with Gasteiger partial charge in [0.1, 0.15) is 5.56 Å². The maximum atomic E-state index is 11.1. The fraction of sp³-hybridized carbons (Fsp3) is 0.385. The molecule has 0 spiro atoms. The van der Waals surface area contributed by atoms with Gasteiger partial charge in [0.2, 0.25) is 0 Å². The molecule has 0 aliphatic carbocycles. The number of aromatic nitrogens is 2. The molecule has 1 unspecified atom stereocenters. The number of nitro benzene ring substituents is 1. The maximum Gasteiger partial charge on any atom is 0.282 e. The van der Waals surface area contributed by atoms with Crippen LogP contribution in [0.4, 0.5) is 5.69 Å². The zero-order valence-corrected chi connectivity index (χ0v) is 11.4. The van der Waals surface area contributed by atoms with Crippen molar-refractivity contribution in [1.29, 1.82) is 0 Å². The Morgan fingerprint density at radius 3 is 2.90 bits per heavy atom. The van der Waals surface area contributed by atoms with Crippen molar-refractivity contribution >= 4 is 5.69 Å². The van der Waals surface area contributed by atoms with Crippen LogP contribution in [0.25, 0.3) is 11.5 Å². The maximum absolute atomic E-state index is 11.1. The molecule has 0 saturated carbocycles. The monoisotopic (exact) mass is 276 g/mol. The highest BCUT2D eigenvalue weighted by molar-refractivity contribution is 5.70. The summed E-state index contributed by atoms with van der Waals surface area (Å²) in [6, 6.07) is 4.48. The van der Waals surface area contributed by atoms with Crippen molar-refractivity contribution in [2.75, 3.05) is 0 Å². The second-order valence-electron chi connectivity index (χ2n) is 4.58. The fourth-order valence-electron chi connectivity index (χ4n) is 2.01. The van der Waals surface area contributed by atoms with E-state index in [-0.39, 0.29) is 17.6 Å². The Balaban J connectivity index is 2.45. The van der Waals surface area contributed by atoms with Crippen LogP contribution in [0.3, 0.4) is 0 Å². The van der Waals surface area contributed by atoms with E-state index >= 15 is 0 Å². The smallest absolute Gasteiger partial charge is 0.282 e. The molecule has 0 fully saturated rings. The van der Waals surface area contributed by atoms with Gasteiger partial charge in [-0.05, 0) is 18.9 Å². The molecule has 0 aliphatic rings. The average molecular weight is 276 g/mol. The van der Waals surface area contributed by atoms with Gasteiger partial charge in [-0.2, -0.15) is 4.98 Å². The molecule has 106 valence electrons. The summed E-state index contributed by atoms with van der Waals surface area (Å²) in [5.41, 5.74) is 6.92. The number of nitro groups is 1. The van der Waals surface area contributed by atoms with Crippen LogP contribution in [0.2, 0.25) is 0 Å². The quantitative estimate of drug-likeness (QED) is 0.664. The lowest BCUT2D eigenvalue weighted by atomic mass is 10.1. The Kier molecular flexibility index (Phi) is 4.09. The van der Waals surface area contributed by atoms with Gasteiger partial charge in [-0.25, -0.2) is 0 Å². The summed E-state index contributed by atoms with van der Waals surface area (Å²) >= 11 is 0. The molecule has 1 heterocycles. The number of nitrogens with two attached hydrogens (primary N) is 1. The lowest BCUT2D eigenvalue weighted by Crippen LogP contribution is -2.11. The van der Waals surface area contributed by atoms with Gasteiger partial charge in [-0.3, -0.25) is 10.1 Å². The van der Waals surface area contributed by atoms with Crippen molar-refractivity contribution < 1.29 is 9.45 Å². The van der Waals surface area contributed by atoms with Crippen molar-refractivity contribution in [3.8, 4) is 11.5 Å². The van der Waals surface area contributed by atoms with Crippen molar-refractivity contribution in [1.82, 2.24) is 10.1 Å². The highest BCUT2D eigenvalue weighted by Crippen LogP contribution is 2.32. The van der Waals surface area contributed by atoms with Gasteiger partial charge in [-0.15, -0.1) is 0 Å². The summed E-state index contributed by atoms with van der Waals surface area (Å²) < 4.78 is 5.14. The highest BCUT2D eigenvalue weighted by atomic mass is 16.6. The first-order chi connectivity index (χ1) is 9.54. The summed E-state index contributed by atoms with van der Waals surface area (Å²) in [5.74, 6) is 0.510. The van der Waals surface area contributed by atoms with Crippen molar-refractivity contribution in [2.45, 2.75) is 32.7 Å². The first kappa shape index (κ1) is 14.1. The lowest BCUT2D eigenvalue weighted by molar-refractivity contribution is -0.384. The summed E-state index contributed by atoms with van der Waals surface area (Å²) in [4.78, 5) is 14.8. The Bertz CT molecular complexity index is 624. The van der Waals surface area contributed by atoms with Gasteiger partial charge < -0.3 is 10.3 Å². The summed E-state index contributed by atoms with van der Waals surface area (Å²) in [6.45, 7) is 3.77. The highest BCUT2D eigenvalue weighted by Gasteiger charge is 2.23. The molecule has 2 aromatic rings. The summed E-state index contributed by atoms with van der Waals surface area (Å²) in [6.07, 6.45) is 1.63. The normalized spacial score (nSPS) is 12.3. The van der Waals surface area contributed by atoms with Gasteiger partial charge in [0.15, 0.2) is 5.82 Å². The first-order valence-electron chi connectivity index (χ1n) is 6.38. The number of hydrogen-bond donors (Lipinski definition) is 1. The molecule has 0 saturated heterocycles. The number of rotatable bonds is 5. The Morgan fingerprint density at radius 1 is 1.50 bits per heavy atom. The van der Waals surface area contributed by atoms with Crippen LogP contribution in [-0.2, 0) is 0 Å². The van der Waals surface area contributed by atoms with E-state index in [9.17, 15) is 10.1 Å². The van der Waals surface area contributed by atoms with Gasteiger partial charge in [0, 0.05) is 6.07 Å². The topological polar surface area (TPSA) is 108 Å². The molecule has 20 heavy (non-hydrogen) atoms. The molecule has 0 amide bonds. The Morgan fingerprint density at radius 2 is 2.25 bits per heavy atom. The van der Waals surface area contributed by atoms with Crippen LogP contribution in [0, 0.1) is 17.0 Å². The molecular weight excluding hydrogens is 260 g/mol. The van der Waals surface area contributed by atoms with Crippen LogP contribution in [0.15, 0.2) is 22.7 Å². The van der Waals surface area contributed by atoms with Gasteiger partial charge >= 0.3 is 0 Å². The minimum absolute atomic E-state index is 0.0516. The Labute approximate surface area is 115 Å². The second kappa shape index (κ2) is 5.79. The van der Waals surface area contributed by atoms with Crippen LogP contribution in [0.1, 0.15) is 37.2 Å². The third-order valence-corrected chi connectivity index (χ3v) is 3.03. The van der Waals surface area contributed by atoms with E-state index in [1.165, 1.54) is 6.07 Å². The van der Waals surface area contributed by atoms with Crippen LogP contribution in [0.5, 0.6) is 0 Å². The first-order valence-corrected chi connectivity index (χ1v) is 6.38. The molecular formula is C13H16N4O3. The Hall–Kier alpha value is -2.28. The third kappa shape index (κ3) is 2.67. The van der Waals surface area contributed by atoms with Crippen molar-refractivity contribution in [2.24, 2.45) is 5.73 Å². The standard InChI is InChI=1S/C13H16N4O3/c1-3-5-9(14)12-15-13(20-16-12)11-8(2)6-4-7-10(11)17(18)19/h4,6-7,9H,3,5,14H2,1-2H3. The van der Waals surface area contributed by atoms with E-state index in [2.05, 4.69) is 10.1 Å². The van der Waals surface area contributed by atoms with Gasteiger partial charge in [-0.1, -0.05) is 30.6 Å². The molecule has 2 rings (SSSR count). The molecule has 2 N–H and O–H groups in total. The van der Waals surface area contributed by atoms with E-state index in [4.69, 9.17) is 10.3 Å². The minimum atomic E-state index is -0.460. The van der Waals surface area contributed by atoms with E-state index < -0.39 is 4.92 Å². The molecule has 0 aliphatic heterocycles. The number of hydrogen-bond acceptors (Lipinski definition) is 6. The summed E-state index contributed by atoms with van der Waals surface area (Å²) in [7, 11) is 0. The van der Waals surface area contributed by atoms with E-state index in [0.717, 1.165) is 12.8 Å². The zero-order valence-electron chi connectivity index (χ0n) is 11.4. The fourth-order valence-corrected chi connectivity index (χ4v) is 2.01. The summed E-state index contributed by atoms with van der Waals surface area (Å²) in [5, 5.41) is 14.9. The predicted octanol–water partition coefficient (Wildman–Crippen LogP) is 2.75. The molecule has 7 heteroatoms. The third-order valence-electron chi connectivity index (χ3n) is 3.03. The van der Waals surface area contributed by atoms with Gasteiger partial charge in [0.05, 0.1) is 11.0 Å². The average Bonchev–Trinajstić information content (AvgIpc) is 2.88.